The SMILES string of the molecule is CC(C)(C)c1cc(F)c(Cl)cc1F. The topological polar surface area (TPSA) is 0 Å². The molecule has 0 aliphatic carbocycles. The van der Waals surface area contributed by atoms with E-state index in [1.165, 1.54) is 0 Å². The number of benzene rings is 1. The molecule has 0 aromatic heterocycles. The van der Waals surface area contributed by atoms with Crippen LogP contribution in [0.2, 0.25) is 5.02 Å². The molecule has 0 fully saturated rings. The Kier molecular flexibility index (Phi) is 2.62. The molecule has 0 N–H and O–H groups in total. The van der Waals surface area contributed by atoms with Crippen LogP contribution in [0.1, 0.15) is 26.3 Å². The maximum Gasteiger partial charge on any atom is 0.142 e. The summed E-state index contributed by atoms with van der Waals surface area (Å²) in [5.41, 5.74) is -0.0652. The van der Waals surface area contributed by atoms with E-state index in [-0.39, 0.29) is 5.02 Å². The fourth-order valence-electron chi connectivity index (χ4n) is 1.10. The van der Waals surface area contributed by atoms with Crippen molar-refractivity contribution in [3.63, 3.8) is 0 Å². The lowest BCUT2D eigenvalue weighted by Crippen LogP contribution is -2.14. The lowest BCUT2D eigenvalue weighted by molar-refractivity contribution is 0.511. The monoisotopic (exact) mass is 204 g/mol. The van der Waals surface area contributed by atoms with Gasteiger partial charge >= 0.3 is 0 Å². The summed E-state index contributed by atoms with van der Waals surface area (Å²) in [7, 11) is 0. The molecule has 0 saturated heterocycles. The van der Waals surface area contributed by atoms with Crippen molar-refractivity contribution in [1.82, 2.24) is 0 Å². The predicted molar refractivity (Wildman–Crippen MR) is 50.1 cm³/mol. The Morgan fingerprint density at radius 1 is 1.08 bits per heavy atom. The van der Waals surface area contributed by atoms with Gasteiger partial charge in [0.2, 0.25) is 0 Å². The van der Waals surface area contributed by atoms with Gasteiger partial charge in [-0.3, -0.25) is 0 Å². The van der Waals surface area contributed by atoms with Crippen molar-refractivity contribution in [3.8, 4) is 0 Å². The minimum atomic E-state index is -0.576. The van der Waals surface area contributed by atoms with Crippen molar-refractivity contribution >= 4 is 11.6 Å². The van der Waals surface area contributed by atoms with Crippen molar-refractivity contribution in [2.75, 3.05) is 0 Å². The maximum atomic E-state index is 13.3. The van der Waals surface area contributed by atoms with Gasteiger partial charge in [0, 0.05) is 0 Å². The van der Waals surface area contributed by atoms with Crippen LogP contribution in [0.15, 0.2) is 12.1 Å². The molecule has 0 atom stereocenters. The Morgan fingerprint density at radius 3 is 2.08 bits per heavy atom. The first kappa shape index (κ1) is 10.5. The van der Waals surface area contributed by atoms with Gasteiger partial charge in [-0.1, -0.05) is 32.4 Å². The largest absolute Gasteiger partial charge is 0.207 e. The quantitative estimate of drug-likeness (QED) is 0.562. The summed E-state index contributed by atoms with van der Waals surface area (Å²) in [5.74, 6) is -1.04. The maximum absolute atomic E-state index is 13.3. The number of halogens is 3. The van der Waals surface area contributed by atoms with Crippen molar-refractivity contribution in [3.05, 3.63) is 34.4 Å². The zero-order valence-corrected chi connectivity index (χ0v) is 8.54. The van der Waals surface area contributed by atoms with E-state index in [0.717, 1.165) is 12.1 Å². The number of rotatable bonds is 0. The van der Waals surface area contributed by atoms with Crippen LogP contribution in [0.25, 0.3) is 0 Å². The summed E-state index contributed by atoms with van der Waals surface area (Å²) in [6.45, 7) is 5.45. The molecule has 0 amide bonds. The van der Waals surface area contributed by atoms with Crippen LogP contribution in [-0.4, -0.2) is 0 Å². The van der Waals surface area contributed by atoms with E-state index in [1.54, 1.807) is 0 Å². The smallest absolute Gasteiger partial charge is 0.142 e. The normalized spacial score (nSPS) is 11.8. The van der Waals surface area contributed by atoms with E-state index in [0.29, 0.717) is 5.56 Å². The van der Waals surface area contributed by atoms with Crippen LogP contribution >= 0.6 is 11.6 Å². The molecule has 1 aromatic rings. The van der Waals surface area contributed by atoms with Gasteiger partial charge in [-0.25, -0.2) is 8.78 Å². The Labute approximate surface area is 81.5 Å². The van der Waals surface area contributed by atoms with Gasteiger partial charge in [-0.05, 0) is 23.1 Å². The van der Waals surface area contributed by atoms with Crippen molar-refractivity contribution in [2.45, 2.75) is 26.2 Å². The molecule has 0 radical (unpaired) electrons. The average molecular weight is 205 g/mol. The average Bonchev–Trinajstić information content (AvgIpc) is 1.94. The zero-order chi connectivity index (χ0) is 10.2. The molecule has 0 aliphatic rings. The predicted octanol–water partition coefficient (Wildman–Crippen LogP) is 3.92. The summed E-state index contributed by atoms with van der Waals surface area (Å²) < 4.78 is 26.3. The lowest BCUT2D eigenvalue weighted by Gasteiger charge is -2.19. The van der Waals surface area contributed by atoms with Crippen molar-refractivity contribution in [1.29, 1.82) is 0 Å². The van der Waals surface area contributed by atoms with Crippen LogP contribution < -0.4 is 0 Å². The molecule has 0 heterocycles. The van der Waals surface area contributed by atoms with Crippen LogP contribution in [0.3, 0.4) is 0 Å². The third-order valence-electron chi connectivity index (χ3n) is 1.82. The molecular formula is C10H11ClF2. The summed E-state index contributed by atoms with van der Waals surface area (Å²) in [4.78, 5) is 0. The van der Waals surface area contributed by atoms with E-state index in [1.807, 2.05) is 20.8 Å². The summed E-state index contributed by atoms with van der Waals surface area (Å²) in [6, 6.07) is 2.16. The molecule has 0 spiro atoms. The van der Waals surface area contributed by atoms with Crippen LogP contribution in [0, 0.1) is 11.6 Å². The number of hydrogen-bond acceptors (Lipinski definition) is 0. The Bertz CT molecular complexity index is 326. The van der Waals surface area contributed by atoms with E-state index in [2.05, 4.69) is 0 Å². The first-order valence-electron chi connectivity index (χ1n) is 3.97. The fraction of sp³-hybridized carbons (Fsp3) is 0.400. The highest BCUT2D eigenvalue weighted by atomic mass is 35.5. The van der Waals surface area contributed by atoms with Gasteiger partial charge in [0.05, 0.1) is 5.02 Å². The molecule has 0 aliphatic heterocycles. The summed E-state index contributed by atoms with van der Waals surface area (Å²) in [6.07, 6.45) is 0. The van der Waals surface area contributed by atoms with Crippen molar-refractivity contribution in [2.24, 2.45) is 0 Å². The van der Waals surface area contributed by atoms with Gasteiger partial charge in [-0.15, -0.1) is 0 Å². The van der Waals surface area contributed by atoms with E-state index < -0.39 is 17.0 Å². The number of hydrogen-bond donors (Lipinski definition) is 0. The molecule has 1 aromatic carbocycles. The molecule has 3 heteroatoms. The van der Waals surface area contributed by atoms with Gasteiger partial charge in [0.25, 0.3) is 0 Å². The molecule has 0 bridgehead atoms. The molecule has 0 unspecified atom stereocenters. The highest BCUT2D eigenvalue weighted by molar-refractivity contribution is 6.30. The second-order valence-corrected chi connectivity index (χ2v) is 4.40. The standard InChI is InChI=1S/C10H11ClF2/c1-10(2,3)6-4-9(13)7(11)5-8(6)12/h4-5H,1-3H3. The Morgan fingerprint density at radius 2 is 1.62 bits per heavy atom. The summed E-state index contributed by atoms with van der Waals surface area (Å²) >= 11 is 5.42. The molecule has 13 heavy (non-hydrogen) atoms. The first-order valence-corrected chi connectivity index (χ1v) is 4.35. The molecule has 0 nitrogen and oxygen atoms in total. The third-order valence-corrected chi connectivity index (χ3v) is 2.11. The van der Waals surface area contributed by atoms with Crippen LogP contribution in [0.5, 0.6) is 0 Å². The Balaban J connectivity index is 3.32. The van der Waals surface area contributed by atoms with Crippen LogP contribution in [0.4, 0.5) is 8.78 Å². The highest BCUT2D eigenvalue weighted by Crippen LogP contribution is 2.28. The minimum absolute atomic E-state index is 0.175. The third kappa shape index (κ3) is 2.19. The summed E-state index contributed by atoms with van der Waals surface area (Å²) in [5, 5.41) is -0.175. The van der Waals surface area contributed by atoms with E-state index >= 15 is 0 Å². The highest BCUT2D eigenvalue weighted by Gasteiger charge is 2.20. The van der Waals surface area contributed by atoms with Crippen LogP contribution in [-0.2, 0) is 5.41 Å². The molecule has 1 rings (SSSR count). The molecular weight excluding hydrogens is 194 g/mol. The lowest BCUT2D eigenvalue weighted by atomic mass is 9.86. The second-order valence-electron chi connectivity index (χ2n) is 4.00. The molecule has 0 saturated carbocycles. The Hall–Kier alpha value is -0.630. The first-order chi connectivity index (χ1) is 5.82. The minimum Gasteiger partial charge on any atom is -0.207 e. The van der Waals surface area contributed by atoms with Gasteiger partial charge in [-0.2, -0.15) is 0 Å². The van der Waals surface area contributed by atoms with Gasteiger partial charge in [0.15, 0.2) is 0 Å². The van der Waals surface area contributed by atoms with E-state index in [9.17, 15) is 8.78 Å². The zero-order valence-electron chi connectivity index (χ0n) is 7.79. The van der Waals surface area contributed by atoms with E-state index in [4.69, 9.17) is 11.6 Å². The molecule has 72 valence electrons. The van der Waals surface area contributed by atoms with Gasteiger partial charge < -0.3 is 0 Å². The second kappa shape index (κ2) is 3.26. The van der Waals surface area contributed by atoms with Gasteiger partial charge in [0.1, 0.15) is 11.6 Å². The van der Waals surface area contributed by atoms with Crippen molar-refractivity contribution < 1.29 is 8.78 Å². The fourth-order valence-corrected chi connectivity index (χ4v) is 1.25.